The molecule has 1 amide bonds. The fraction of sp³-hybridized carbons (Fsp3) is 0.480. The number of ether oxygens (including phenoxy) is 1. The van der Waals surface area contributed by atoms with Crippen molar-refractivity contribution in [2.45, 2.75) is 77.4 Å². The van der Waals surface area contributed by atoms with Crippen molar-refractivity contribution in [1.29, 1.82) is 0 Å². The molecule has 35 heavy (non-hydrogen) atoms. The molecular weight excluding hydrogens is 562 g/mol. The van der Waals surface area contributed by atoms with Gasteiger partial charge in [0.05, 0.1) is 6.10 Å². The predicted octanol–water partition coefficient (Wildman–Crippen LogP) is 8.36. The van der Waals surface area contributed by atoms with Crippen molar-refractivity contribution in [2.24, 2.45) is 0 Å². The van der Waals surface area contributed by atoms with Crippen molar-refractivity contribution in [3.05, 3.63) is 56.3 Å². The first-order valence-corrected chi connectivity index (χ1v) is 16.9. The van der Waals surface area contributed by atoms with Crippen molar-refractivity contribution in [1.82, 2.24) is 15.3 Å². The molecule has 3 aromatic rings. The minimum atomic E-state index is -2.23. The zero-order valence-corrected chi connectivity index (χ0v) is 25.7. The molecule has 2 atom stereocenters. The summed E-state index contributed by atoms with van der Waals surface area (Å²) in [6, 6.07) is 9.49. The van der Waals surface area contributed by atoms with Gasteiger partial charge in [0.1, 0.15) is 32.0 Å². The second-order valence-electron chi connectivity index (χ2n) is 10.9. The van der Waals surface area contributed by atoms with Crippen LogP contribution in [0.5, 0.6) is 0 Å². The van der Waals surface area contributed by atoms with E-state index in [9.17, 15) is 4.79 Å². The topological polar surface area (TPSA) is 73.3 Å². The molecule has 0 unspecified atom stereocenters. The third kappa shape index (κ3) is 7.45. The number of carbonyl (C=O) groups excluding carboxylic acids is 1. The summed E-state index contributed by atoms with van der Waals surface area (Å²) in [6.45, 7) is 16.6. The number of aromatic nitrogens is 2. The third-order valence-electron chi connectivity index (χ3n) is 5.81. The monoisotopic (exact) mass is 595 g/mol. The van der Waals surface area contributed by atoms with Crippen LogP contribution in [-0.2, 0) is 9.16 Å². The maximum absolute atomic E-state index is 13.0. The number of nitrogens with zero attached hydrogens (tertiary/aromatic N) is 2. The normalized spacial score (nSPS) is 14.4. The van der Waals surface area contributed by atoms with Crippen molar-refractivity contribution in [2.75, 3.05) is 0 Å². The highest BCUT2D eigenvalue weighted by molar-refractivity contribution is 9.10. The van der Waals surface area contributed by atoms with Gasteiger partial charge in [0, 0.05) is 10.8 Å². The molecule has 0 bridgehead atoms. The average molecular weight is 597 g/mol. The van der Waals surface area contributed by atoms with Gasteiger partial charge in [0.2, 0.25) is 0 Å². The van der Waals surface area contributed by atoms with Crippen molar-refractivity contribution in [3.63, 3.8) is 0 Å². The Morgan fingerprint density at radius 1 is 1.03 bits per heavy atom. The van der Waals surface area contributed by atoms with Crippen LogP contribution in [0.25, 0.3) is 10.7 Å². The molecule has 0 saturated heterocycles. The number of hydrogen-bond acceptors (Lipinski definition) is 7. The van der Waals surface area contributed by atoms with Gasteiger partial charge < -0.3 is 14.5 Å². The van der Waals surface area contributed by atoms with Crippen LogP contribution in [0.15, 0.2) is 45.7 Å². The largest absolute Gasteiger partial charge is 0.444 e. The van der Waals surface area contributed by atoms with E-state index in [0.717, 1.165) is 25.9 Å². The number of rotatable bonds is 7. The summed E-state index contributed by atoms with van der Waals surface area (Å²) in [7, 11) is -2.23. The van der Waals surface area contributed by atoms with E-state index in [1.54, 1.807) is 0 Å². The van der Waals surface area contributed by atoms with Gasteiger partial charge >= 0.3 is 6.09 Å². The summed E-state index contributed by atoms with van der Waals surface area (Å²) < 4.78 is 13.4. The van der Waals surface area contributed by atoms with Crippen LogP contribution < -0.4 is 5.32 Å². The Labute approximate surface area is 225 Å². The molecule has 0 saturated carbocycles. The first-order valence-electron chi connectivity index (χ1n) is 11.5. The Balaban J connectivity index is 2.07. The summed E-state index contributed by atoms with van der Waals surface area (Å²) in [4.78, 5) is 22.4. The summed E-state index contributed by atoms with van der Waals surface area (Å²) in [5.41, 5.74) is 1.13. The van der Waals surface area contributed by atoms with Gasteiger partial charge in [-0.05, 0) is 60.4 Å². The highest BCUT2D eigenvalue weighted by Gasteiger charge is 2.43. The SMILES string of the molecule is CC(C)(C)OC(=O)N[C@@H](c1nc(-c2nc(Br)cs2)cs1)[C@H](O[Si](C)(C)C(C)(C)C)c1ccccc1. The second-order valence-corrected chi connectivity index (χ2v) is 18.2. The number of benzene rings is 1. The van der Waals surface area contributed by atoms with Gasteiger partial charge in [-0.25, -0.2) is 14.8 Å². The molecule has 190 valence electrons. The van der Waals surface area contributed by atoms with Gasteiger partial charge in [0.15, 0.2) is 8.32 Å². The van der Waals surface area contributed by atoms with Crippen LogP contribution in [0.3, 0.4) is 0 Å². The zero-order valence-electron chi connectivity index (χ0n) is 21.5. The van der Waals surface area contributed by atoms with Crippen LogP contribution in [-0.4, -0.2) is 30.0 Å². The molecular formula is C25H34BrN3O3S2Si. The molecule has 0 aliphatic carbocycles. The van der Waals surface area contributed by atoms with Crippen LogP contribution in [0, 0.1) is 0 Å². The van der Waals surface area contributed by atoms with E-state index >= 15 is 0 Å². The fourth-order valence-corrected chi connectivity index (χ4v) is 6.49. The van der Waals surface area contributed by atoms with Crippen LogP contribution in [0.1, 0.15) is 64.3 Å². The van der Waals surface area contributed by atoms with Crippen LogP contribution in [0.4, 0.5) is 4.79 Å². The molecule has 2 heterocycles. The minimum Gasteiger partial charge on any atom is -0.444 e. The number of amides is 1. The first-order chi connectivity index (χ1) is 16.2. The lowest BCUT2D eigenvalue weighted by Crippen LogP contribution is -2.45. The minimum absolute atomic E-state index is 0.0162. The predicted molar refractivity (Wildman–Crippen MR) is 150 cm³/mol. The zero-order chi connectivity index (χ0) is 26.0. The highest BCUT2D eigenvalue weighted by Crippen LogP contribution is 2.44. The summed E-state index contributed by atoms with van der Waals surface area (Å²) in [6.07, 6.45) is -0.942. The van der Waals surface area contributed by atoms with Crippen molar-refractivity contribution < 1.29 is 14.0 Å². The Morgan fingerprint density at radius 2 is 1.69 bits per heavy atom. The van der Waals surface area contributed by atoms with E-state index < -0.39 is 32.2 Å². The lowest BCUT2D eigenvalue weighted by Gasteiger charge is -2.41. The quantitative estimate of drug-likeness (QED) is 0.278. The number of thiazole rings is 2. The Hall–Kier alpha value is -1.59. The lowest BCUT2D eigenvalue weighted by molar-refractivity contribution is 0.0430. The number of nitrogens with one attached hydrogen (secondary N) is 1. The molecule has 3 rings (SSSR count). The van der Waals surface area contributed by atoms with Gasteiger partial charge in [-0.15, -0.1) is 22.7 Å². The molecule has 1 aromatic carbocycles. The molecule has 0 radical (unpaired) electrons. The lowest BCUT2D eigenvalue weighted by atomic mass is 10.0. The smallest absolute Gasteiger partial charge is 0.408 e. The van der Waals surface area contributed by atoms with Gasteiger partial charge in [-0.1, -0.05) is 51.1 Å². The Bertz CT molecular complexity index is 1140. The van der Waals surface area contributed by atoms with E-state index in [4.69, 9.17) is 14.1 Å². The average Bonchev–Trinajstić information content (AvgIpc) is 3.38. The number of alkyl carbamates (subject to hydrolysis) is 1. The standard InChI is InChI=1S/C25H34BrN3O3S2Si/c1-24(2,3)31-23(30)29-19(22-27-17(14-33-22)21-28-18(26)15-34-21)20(16-12-10-9-11-13-16)32-35(7,8)25(4,5)6/h9-15,19-20H,1-8H3,(H,29,30)/t19-,20-/m1/s1. The van der Waals surface area contributed by atoms with E-state index in [0.29, 0.717) is 0 Å². The van der Waals surface area contributed by atoms with E-state index in [2.05, 4.69) is 60.1 Å². The van der Waals surface area contributed by atoms with E-state index in [1.807, 2.05) is 61.9 Å². The molecule has 1 N–H and O–H groups in total. The van der Waals surface area contributed by atoms with Gasteiger partial charge in [-0.3, -0.25) is 0 Å². The second kappa shape index (κ2) is 10.8. The summed E-state index contributed by atoms with van der Waals surface area (Å²) in [5.74, 6) is 0. The van der Waals surface area contributed by atoms with Crippen LogP contribution in [0.2, 0.25) is 18.1 Å². The molecule has 0 aliphatic heterocycles. The maximum Gasteiger partial charge on any atom is 0.408 e. The molecule has 0 aliphatic rings. The Morgan fingerprint density at radius 3 is 2.23 bits per heavy atom. The summed E-state index contributed by atoms with van der Waals surface area (Å²) in [5, 5.41) is 8.53. The van der Waals surface area contributed by atoms with E-state index in [1.165, 1.54) is 22.7 Å². The molecule has 10 heteroatoms. The fourth-order valence-electron chi connectivity index (χ4n) is 3.07. The van der Waals surface area contributed by atoms with E-state index in [-0.39, 0.29) is 5.04 Å². The molecule has 0 spiro atoms. The Kier molecular flexibility index (Phi) is 8.63. The van der Waals surface area contributed by atoms with Crippen molar-refractivity contribution in [3.8, 4) is 10.7 Å². The summed E-state index contributed by atoms with van der Waals surface area (Å²) >= 11 is 6.42. The number of halogens is 1. The third-order valence-corrected chi connectivity index (χ3v) is 12.8. The van der Waals surface area contributed by atoms with Gasteiger partial charge in [-0.2, -0.15) is 0 Å². The molecule has 0 fully saturated rings. The number of carbonyl (C=O) groups is 1. The molecule has 2 aromatic heterocycles. The van der Waals surface area contributed by atoms with Gasteiger partial charge in [0.25, 0.3) is 0 Å². The first kappa shape index (κ1) is 28.0. The number of hydrogen-bond donors (Lipinski definition) is 1. The van der Waals surface area contributed by atoms with Crippen LogP contribution >= 0.6 is 38.6 Å². The van der Waals surface area contributed by atoms with Crippen molar-refractivity contribution >= 4 is 53.0 Å². The highest BCUT2D eigenvalue weighted by atomic mass is 79.9. The maximum atomic E-state index is 13.0. The molecule has 6 nitrogen and oxygen atoms in total.